The highest BCUT2D eigenvalue weighted by atomic mass is 19.1. The van der Waals surface area contributed by atoms with E-state index in [1.165, 1.54) is 6.07 Å². The van der Waals surface area contributed by atoms with Crippen LogP contribution in [0.2, 0.25) is 0 Å². The fourth-order valence-corrected chi connectivity index (χ4v) is 5.76. The second kappa shape index (κ2) is 7.52. The number of aryl methyl sites for hydroxylation is 1. The van der Waals surface area contributed by atoms with Gasteiger partial charge in [-0.1, -0.05) is 12.1 Å². The third kappa shape index (κ3) is 3.68. The van der Waals surface area contributed by atoms with E-state index in [2.05, 4.69) is 20.0 Å². The third-order valence-corrected chi connectivity index (χ3v) is 6.83. The summed E-state index contributed by atoms with van der Waals surface area (Å²) in [5, 5.41) is 8.11. The van der Waals surface area contributed by atoms with Crippen LogP contribution in [0.5, 0.6) is 0 Å². The van der Waals surface area contributed by atoms with E-state index in [4.69, 9.17) is 4.42 Å². The van der Waals surface area contributed by atoms with E-state index in [1.54, 1.807) is 12.1 Å². The van der Waals surface area contributed by atoms with E-state index in [-0.39, 0.29) is 17.8 Å². The van der Waals surface area contributed by atoms with Crippen molar-refractivity contribution in [2.75, 3.05) is 13.1 Å². The Labute approximate surface area is 170 Å². The second-order valence-corrected chi connectivity index (χ2v) is 8.83. The molecular weight excluding hydrogens is 371 g/mol. The van der Waals surface area contributed by atoms with Crippen molar-refractivity contribution in [3.8, 4) is 0 Å². The van der Waals surface area contributed by atoms with Gasteiger partial charge in [0, 0.05) is 38.5 Å². The predicted molar refractivity (Wildman–Crippen MR) is 104 cm³/mol. The smallest absolute Gasteiger partial charge is 0.230 e. The molecule has 0 aliphatic carbocycles. The number of fused-ring (bicyclic) bond motifs is 4. The Bertz CT molecular complexity index is 900. The van der Waals surface area contributed by atoms with Crippen LogP contribution in [0, 0.1) is 24.6 Å². The van der Waals surface area contributed by atoms with Crippen LogP contribution in [-0.4, -0.2) is 51.1 Å². The number of benzene rings is 1. The topological polar surface area (TPSA) is 62.5 Å². The molecule has 2 aromatic rings. The zero-order valence-electron chi connectivity index (χ0n) is 16.8. The van der Waals surface area contributed by atoms with Crippen molar-refractivity contribution in [1.29, 1.82) is 0 Å². The first kappa shape index (κ1) is 18.7. The lowest BCUT2D eigenvalue weighted by molar-refractivity contribution is -0.153. The first-order chi connectivity index (χ1) is 14.1. The van der Waals surface area contributed by atoms with Crippen molar-refractivity contribution in [3.05, 3.63) is 47.4 Å². The van der Waals surface area contributed by atoms with E-state index in [1.807, 2.05) is 13.0 Å². The van der Waals surface area contributed by atoms with E-state index >= 15 is 0 Å². The van der Waals surface area contributed by atoms with Gasteiger partial charge < -0.3 is 9.32 Å². The van der Waals surface area contributed by atoms with E-state index in [9.17, 15) is 9.18 Å². The Morgan fingerprint density at radius 1 is 1.24 bits per heavy atom. The molecule has 0 radical (unpaired) electrons. The van der Waals surface area contributed by atoms with Gasteiger partial charge in [0.25, 0.3) is 0 Å². The summed E-state index contributed by atoms with van der Waals surface area (Å²) in [4.78, 5) is 17.5. The first-order valence-electron chi connectivity index (χ1n) is 10.6. The zero-order valence-corrected chi connectivity index (χ0v) is 16.8. The van der Waals surface area contributed by atoms with Gasteiger partial charge in [0.1, 0.15) is 5.82 Å². The van der Waals surface area contributed by atoms with Crippen molar-refractivity contribution in [2.24, 2.45) is 11.8 Å². The van der Waals surface area contributed by atoms with Crippen LogP contribution in [0.1, 0.15) is 43.0 Å². The molecule has 0 spiro atoms. The standard InChI is InChI=1S/C22H27FN4O2/c1-14-24-25-21(29-14)13-26-11-16-10-17(12-26)20(9-15-4-2-5-18(23)8-15)27-19(16)6-3-7-22(27)28/h2,4-5,8,16-17,19-20H,3,6-7,9-13H2,1H3/t16-,17+,19+,20+/m1/s1. The maximum atomic E-state index is 13.8. The van der Waals surface area contributed by atoms with Crippen LogP contribution in [0.4, 0.5) is 4.39 Å². The van der Waals surface area contributed by atoms with E-state index < -0.39 is 0 Å². The van der Waals surface area contributed by atoms with Gasteiger partial charge >= 0.3 is 0 Å². The highest BCUT2D eigenvalue weighted by Gasteiger charge is 2.49. The van der Waals surface area contributed by atoms with E-state index in [0.29, 0.717) is 49.0 Å². The van der Waals surface area contributed by atoms with Crippen LogP contribution in [0.25, 0.3) is 0 Å². The number of likely N-dealkylation sites (tertiary alicyclic amines) is 1. The van der Waals surface area contributed by atoms with Crippen molar-refractivity contribution in [1.82, 2.24) is 20.0 Å². The summed E-state index contributed by atoms with van der Waals surface area (Å²) in [5.41, 5.74) is 0.968. The highest BCUT2D eigenvalue weighted by Crippen LogP contribution is 2.42. The first-order valence-corrected chi connectivity index (χ1v) is 10.6. The predicted octanol–water partition coefficient (Wildman–Crippen LogP) is 2.96. The molecule has 7 heteroatoms. The molecule has 3 saturated heterocycles. The summed E-state index contributed by atoms with van der Waals surface area (Å²) in [6, 6.07) is 7.23. The molecule has 1 amide bonds. The summed E-state index contributed by atoms with van der Waals surface area (Å²) in [6.45, 7) is 4.32. The number of halogens is 1. The number of amides is 1. The molecule has 3 aliphatic heterocycles. The van der Waals surface area contributed by atoms with Gasteiger partial charge in [0.2, 0.25) is 17.7 Å². The van der Waals surface area contributed by atoms with Gasteiger partial charge in [-0.15, -0.1) is 10.2 Å². The van der Waals surface area contributed by atoms with Gasteiger partial charge in [-0.3, -0.25) is 9.69 Å². The number of carbonyl (C=O) groups excluding carboxylic acids is 1. The zero-order chi connectivity index (χ0) is 20.0. The van der Waals surface area contributed by atoms with Crippen LogP contribution >= 0.6 is 0 Å². The lowest BCUT2D eigenvalue weighted by atomic mass is 9.71. The largest absolute Gasteiger partial charge is 0.424 e. The number of hydrogen-bond donors (Lipinski definition) is 0. The molecule has 2 bridgehead atoms. The Morgan fingerprint density at radius 3 is 2.90 bits per heavy atom. The number of aromatic nitrogens is 2. The normalized spacial score (nSPS) is 29.7. The average molecular weight is 398 g/mol. The number of carbonyl (C=O) groups is 1. The van der Waals surface area contributed by atoms with Gasteiger partial charge in [0.15, 0.2) is 0 Å². The average Bonchev–Trinajstić information content (AvgIpc) is 3.10. The third-order valence-electron chi connectivity index (χ3n) is 6.83. The lowest BCUT2D eigenvalue weighted by Gasteiger charge is -2.56. The van der Waals surface area contributed by atoms with Crippen LogP contribution in [-0.2, 0) is 17.8 Å². The van der Waals surface area contributed by atoms with Gasteiger partial charge in [-0.05, 0) is 55.2 Å². The Balaban J connectivity index is 1.41. The molecule has 154 valence electrons. The van der Waals surface area contributed by atoms with Gasteiger partial charge in [-0.25, -0.2) is 4.39 Å². The number of nitrogens with zero attached hydrogens (tertiary/aromatic N) is 4. The number of piperidine rings is 3. The molecule has 0 saturated carbocycles. The van der Waals surface area contributed by atoms with Crippen molar-refractivity contribution < 1.29 is 13.6 Å². The summed E-state index contributed by atoms with van der Waals surface area (Å²) in [6.07, 6.45) is 4.52. The van der Waals surface area contributed by atoms with Crippen LogP contribution < -0.4 is 0 Å². The molecule has 4 heterocycles. The molecule has 0 unspecified atom stereocenters. The lowest BCUT2D eigenvalue weighted by Crippen LogP contribution is -2.65. The molecule has 3 aliphatic rings. The summed E-state index contributed by atoms with van der Waals surface area (Å²) in [5.74, 6) is 2.16. The maximum Gasteiger partial charge on any atom is 0.230 e. The quantitative estimate of drug-likeness (QED) is 0.792. The summed E-state index contributed by atoms with van der Waals surface area (Å²) in [7, 11) is 0. The van der Waals surface area contributed by atoms with Crippen molar-refractivity contribution in [2.45, 2.75) is 57.7 Å². The second-order valence-electron chi connectivity index (χ2n) is 8.83. The Hall–Kier alpha value is -2.28. The molecular formula is C22H27FN4O2. The van der Waals surface area contributed by atoms with E-state index in [0.717, 1.165) is 37.9 Å². The summed E-state index contributed by atoms with van der Waals surface area (Å²) >= 11 is 0. The minimum absolute atomic E-state index is 0.123. The monoisotopic (exact) mass is 398 g/mol. The SMILES string of the molecule is Cc1nnc(CN2C[C@H]3C[C@@H](C2)[C@H](Cc2cccc(F)c2)N2C(=O)CCC[C@@H]32)o1. The fourth-order valence-electron chi connectivity index (χ4n) is 5.76. The number of hydrogen-bond acceptors (Lipinski definition) is 5. The molecule has 1 aromatic heterocycles. The Morgan fingerprint density at radius 2 is 2.10 bits per heavy atom. The maximum absolute atomic E-state index is 13.8. The number of rotatable bonds is 4. The minimum atomic E-state index is -0.213. The highest BCUT2D eigenvalue weighted by molar-refractivity contribution is 5.78. The Kier molecular flexibility index (Phi) is 4.86. The van der Waals surface area contributed by atoms with Crippen LogP contribution in [0.15, 0.2) is 28.7 Å². The molecule has 1 aromatic carbocycles. The van der Waals surface area contributed by atoms with Crippen molar-refractivity contribution >= 4 is 5.91 Å². The van der Waals surface area contributed by atoms with Gasteiger partial charge in [0.05, 0.1) is 6.54 Å². The fraction of sp³-hybridized carbons (Fsp3) is 0.591. The molecule has 5 rings (SSSR count). The van der Waals surface area contributed by atoms with Gasteiger partial charge in [-0.2, -0.15) is 0 Å². The molecule has 29 heavy (non-hydrogen) atoms. The molecule has 3 fully saturated rings. The van der Waals surface area contributed by atoms with Crippen molar-refractivity contribution in [3.63, 3.8) is 0 Å². The minimum Gasteiger partial charge on any atom is -0.424 e. The molecule has 0 N–H and O–H groups in total. The summed E-state index contributed by atoms with van der Waals surface area (Å²) < 4.78 is 19.4. The molecule has 4 atom stereocenters. The van der Waals surface area contributed by atoms with Crippen LogP contribution in [0.3, 0.4) is 0 Å². The molecule has 6 nitrogen and oxygen atoms in total.